The van der Waals surface area contributed by atoms with Gasteiger partial charge in [-0.3, -0.25) is 10.1 Å². The Kier molecular flexibility index (Phi) is 7.33. The van der Waals surface area contributed by atoms with Gasteiger partial charge in [0.2, 0.25) is 17.1 Å². The first-order valence-corrected chi connectivity index (χ1v) is 13.3. The normalized spacial score (nSPS) is 10.9. The van der Waals surface area contributed by atoms with Crippen molar-refractivity contribution in [1.82, 2.24) is 19.9 Å². The maximum absolute atomic E-state index is 11.2. The highest BCUT2D eigenvalue weighted by Gasteiger charge is 2.14. The third-order valence-electron chi connectivity index (χ3n) is 5.52. The van der Waals surface area contributed by atoms with Gasteiger partial charge < -0.3 is 15.4 Å². The quantitative estimate of drug-likeness (QED) is 0.147. The van der Waals surface area contributed by atoms with Gasteiger partial charge in [-0.1, -0.05) is 12.1 Å². The molecule has 0 aliphatic carbocycles. The summed E-state index contributed by atoms with van der Waals surface area (Å²) in [5, 5.41) is 17.9. The topological polar surface area (TPSA) is 128 Å². The number of thiazole rings is 1. The minimum Gasteiger partial charge on any atom is -0.494 e. The van der Waals surface area contributed by atoms with E-state index in [4.69, 9.17) is 9.72 Å². The molecule has 0 saturated heterocycles. The minimum absolute atomic E-state index is 0.0342. The lowest BCUT2D eigenvalue weighted by molar-refractivity contribution is -0.384. The first-order valence-electron chi connectivity index (χ1n) is 11.7. The Labute approximate surface area is 226 Å². The van der Waals surface area contributed by atoms with Gasteiger partial charge in [0, 0.05) is 23.5 Å². The molecule has 0 spiro atoms. The zero-order valence-electron chi connectivity index (χ0n) is 20.8. The largest absolute Gasteiger partial charge is 0.494 e. The minimum atomic E-state index is -0.448. The Hall–Kier alpha value is -4.29. The van der Waals surface area contributed by atoms with Crippen molar-refractivity contribution in [2.75, 3.05) is 17.2 Å². The summed E-state index contributed by atoms with van der Waals surface area (Å²) in [6.45, 7) is 6.62. The predicted molar refractivity (Wildman–Crippen MR) is 150 cm³/mol. The van der Waals surface area contributed by atoms with E-state index in [-0.39, 0.29) is 11.6 Å². The summed E-state index contributed by atoms with van der Waals surface area (Å²) >= 11 is 2.83. The van der Waals surface area contributed by atoms with Crippen LogP contribution >= 0.6 is 23.1 Å². The monoisotopic (exact) mass is 545 g/mol. The maximum atomic E-state index is 11.2. The number of benzene rings is 3. The molecule has 0 bridgehead atoms. The van der Waals surface area contributed by atoms with Crippen LogP contribution in [0.3, 0.4) is 0 Å². The van der Waals surface area contributed by atoms with Crippen LogP contribution in [0.25, 0.3) is 10.2 Å². The van der Waals surface area contributed by atoms with Crippen molar-refractivity contribution in [3.05, 3.63) is 81.9 Å². The molecule has 0 aliphatic heterocycles. The number of hydrogen-bond acceptors (Lipinski definition) is 11. The van der Waals surface area contributed by atoms with E-state index in [1.54, 1.807) is 12.1 Å². The molecule has 12 heteroatoms. The van der Waals surface area contributed by atoms with Crippen molar-refractivity contribution < 1.29 is 9.66 Å². The van der Waals surface area contributed by atoms with Crippen molar-refractivity contribution in [1.29, 1.82) is 0 Å². The van der Waals surface area contributed by atoms with Gasteiger partial charge >= 0.3 is 0 Å². The zero-order chi connectivity index (χ0) is 26.6. The lowest BCUT2D eigenvalue weighted by Gasteiger charge is -2.11. The summed E-state index contributed by atoms with van der Waals surface area (Å²) in [5.41, 5.74) is 4.46. The molecule has 2 aromatic heterocycles. The Morgan fingerprint density at radius 3 is 2.39 bits per heavy atom. The van der Waals surface area contributed by atoms with Crippen molar-refractivity contribution in [2.24, 2.45) is 0 Å². The Bertz CT molecular complexity index is 1640. The van der Waals surface area contributed by atoms with E-state index in [9.17, 15) is 10.1 Å². The van der Waals surface area contributed by atoms with Crippen molar-refractivity contribution in [3.8, 4) is 5.75 Å². The molecule has 2 heterocycles. The molecule has 38 heavy (non-hydrogen) atoms. The number of non-ortho nitro benzene ring substituents is 1. The number of nitro groups is 1. The summed E-state index contributed by atoms with van der Waals surface area (Å²) in [6.07, 6.45) is 0. The molecular formula is C26H23N7O3S2. The van der Waals surface area contributed by atoms with E-state index >= 15 is 0 Å². The zero-order valence-corrected chi connectivity index (χ0v) is 22.4. The Morgan fingerprint density at radius 2 is 1.68 bits per heavy atom. The van der Waals surface area contributed by atoms with E-state index in [1.807, 2.05) is 57.2 Å². The maximum Gasteiger partial charge on any atom is 0.271 e. The second-order valence-electron chi connectivity index (χ2n) is 8.27. The van der Waals surface area contributed by atoms with Gasteiger partial charge in [-0.2, -0.15) is 15.0 Å². The van der Waals surface area contributed by atoms with Crippen LogP contribution in [0.1, 0.15) is 18.1 Å². The number of nitro benzene ring substituents is 1. The SMILES string of the molecule is CCOc1ccc2nc(Sc3nc(Nc4cccc([N+](=O)[O-])c4)nc(Nc4ccc(C)c(C)c4)n3)sc2c1. The summed E-state index contributed by atoms with van der Waals surface area (Å²) < 4.78 is 7.36. The average Bonchev–Trinajstić information content (AvgIpc) is 3.28. The van der Waals surface area contributed by atoms with Crippen LogP contribution in [0.4, 0.5) is 29.0 Å². The molecule has 0 fully saturated rings. The third-order valence-corrected chi connectivity index (χ3v) is 7.46. The second kappa shape index (κ2) is 11.0. The molecular weight excluding hydrogens is 522 g/mol. The molecule has 3 aromatic carbocycles. The van der Waals surface area contributed by atoms with Gasteiger partial charge in [0.15, 0.2) is 4.34 Å². The lowest BCUT2D eigenvalue weighted by Crippen LogP contribution is -2.05. The first-order chi connectivity index (χ1) is 18.4. The molecule has 10 nitrogen and oxygen atoms in total. The first kappa shape index (κ1) is 25.4. The average molecular weight is 546 g/mol. The smallest absolute Gasteiger partial charge is 0.271 e. The molecule has 5 rings (SSSR count). The highest BCUT2D eigenvalue weighted by molar-refractivity contribution is 8.01. The van der Waals surface area contributed by atoms with Crippen LogP contribution in [0.5, 0.6) is 5.75 Å². The molecule has 5 aromatic rings. The van der Waals surface area contributed by atoms with Gasteiger partial charge in [0.1, 0.15) is 5.75 Å². The summed E-state index contributed by atoms with van der Waals surface area (Å²) in [5.74, 6) is 1.37. The summed E-state index contributed by atoms with van der Waals surface area (Å²) in [6, 6.07) is 18.0. The van der Waals surface area contributed by atoms with E-state index in [2.05, 4.69) is 25.6 Å². The van der Waals surface area contributed by atoms with Gasteiger partial charge in [0.05, 0.1) is 21.7 Å². The molecule has 0 radical (unpaired) electrons. The van der Waals surface area contributed by atoms with Gasteiger partial charge in [-0.25, -0.2) is 4.98 Å². The number of aryl methyl sites for hydroxylation is 2. The molecule has 0 atom stereocenters. The fraction of sp³-hybridized carbons (Fsp3) is 0.154. The fourth-order valence-electron chi connectivity index (χ4n) is 3.55. The van der Waals surface area contributed by atoms with Crippen LogP contribution in [-0.2, 0) is 0 Å². The number of aromatic nitrogens is 4. The van der Waals surface area contributed by atoms with Gasteiger partial charge in [-0.05, 0) is 80.1 Å². The van der Waals surface area contributed by atoms with E-state index in [0.717, 1.165) is 31.6 Å². The van der Waals surface area contributed by atoms with Crippen molar-refractivity contribution in [3.63, 3.8) is 0 Å². The molecule has 0 amide bonds. The Balaban J connectivity index is 1.47. The van der Waals surface area contributed by atoms with Gasteiger partial charge in [0.25, 0.3) is 5.69 Å². The Morgan fingerprint density at radius 1 is 0.921 bits per heavy atom. The van der Waals surface area contributed by atoms with Crippen molar-refractivity contribution in [2.45, 2.75) is 30.3 Å². The standard InChI is InChI=1S/C26H23N7O3S2/c1-4-36-20-10-11-21-22(14-20)37-26(29-21)38-25-31-23(27-17-6-5-7-19(13-17)33(34)35)30-24(32-25)28-18-9-8-15(2)16(3)12-18/h5-14H,4H2,1-3H3,(H2,27,28,30,31,32). The number of nitrogens with one attached hydrogen (secondary N) is 2. The van der Waals surface area contributed by atoms with Crippen LogP contribution in [0.15, 0.2) is 70.2 Å². The van der Waals surface area contributed by atoms with Crippen LogP contribution in [0.2, 0.25) is 0 Å². The summed E-state index contributed by atoms with van der Waals surface area (Å²) in [7, 11) is 0. The second-order valence-corrected chi connectivity index (χ2v) is 10.5. The lowest BCUT2D eigenvalue weighted by atomic mass is 10.1. The van der Waals surface area contributed by atoms with E-state index in [0.29, 0.717) is 23.4 Å². The number of hydrogen-bond donors (Lipinski definition) is 2. The van der Waals surface area contributed by atoms with Gasteiger partial charge in [-0.15, -0.1) is 11.3 Å². The van der Waals surface area contributed by atoms with E-state index < -0.39 is 4.92 Å². The highest BCUT2D eigenvalue weighted by atomic mass is 32.2. The molecule has 2 N–H and O–H groups in total. The molecule has 0 aliphatic rings. The molecule has 192 valence electrons. The van der Waals surface area contributed by atoms with E-state index in [1.165, 1.54) is 40.8 Å². The summed E-state index contributed by atoms with van der Waals surface area (Å²) in [4.78, 5) is 29.1. The number of ether oxygens (including phenoxy) is 1. The van der Waals surface area contributed by atoms with Crippen LogP contribution in [-0.4, -0.2) is 31.5 Å². The predicted octanol–water partition coefficient (Wildman–Crippen LogP) is 7.04. The highest BCUT2D eigenvalue weighted by Crippen LogP contribution is 2.35. The van der Waals surface area contributed by atoms with Crippen LogP contribution in [0, 0.1) is 24.0 Å². The number of anilines is 4. The number of rotatable bonds is 9. The van der Waals surface area contributed by atoms with Crippen molar-refractivity contribution >= 4 is 62.3 Å². The molecule has 0 unspecified atom stereocenters. The number of nitrogens with zero attached hydrogens (tertiary/aromatic N) is 5. The fourth-order valence-corrected chi connectivity index (χ4v) is 5.50. The number of fused-ring (bicyclic) bond motifs is 1. The third kappa shape index (κ3) is 5.98. The van der Waals surface area contributed by atoms with Crippen LogP contribution < -0.4 is 15.4 Å². The molecule has 0 saturated carbocycles.